The lowest BCUT2D eigenvalue weighted by molar-refractivity contribution is -0.141. The summed E-state index contributed by atoms with van der Waals surface area (Å²) in [5.74, 6) is -0.605. The van der Waals surface area contributed by atoms with Crippen molar-refractivity contribution in [2.24, 2.45) is 0 Å². The Bertz CT molecular complexity index is 1340. The number of benzene rings is 3. The lowest BCUT2D eigenvalue weighted by Gasteiger charge is -2.35. The number of nitrogens with one attached hydrogen (secondary N) is 2. The molecule has 0 aliphatic heterocycles. The van der Waals surface area contributed by atoms with Crippen LogP contribution in [0.4, 0.5) is 10.5 Å². The van der Waals surface area contributed by atoms with Crippen LogP contribution in [-0.2, 0) is 27.2 Å². The summed E-state index contributed by atoms with van der Waals surface area (Å²) >= 11 is 0. The molecule has 216 valence electrons. The Hall–Kier alpha value is -4.13. The van der Waals surface area contributed by atoms with E-state index in [2.05, 4.69) is 17.6 Å². The molecule has 2 unspecified atom stereocenters. The van der Waals surface area contributed by atoms with Gasteiger partial charge in [0.2, 0.25) is 5.91 Å². The number of anilines is 1. The molecule has 41 heavy (non-hydrogen) atoms. The zero-order valence-corrected chi connectivity index (χ0v) is 24.6. The van der Waals surface area contributed by atoms with E-state index in [1.807, 2.05) is 85.8 Å². The van der Waals surface area contributed by atoms with E-state index in [1.54, 1.807) is 25.7 Å². The summed E-state index contributed by atoms with van der Waals surface area (Å²) in [6, 6.07) is 23.1. The quantitative estimate of drug-likeness (QED) is 0.305. The van der Waals surface area contributed by atoms with E-state index in [1.165, 1.54) is 0 Å². The molecule has 7 heteroatoms. The van der Waals surface area contributed by atoms with Gasteiger partial charge in [0.1, 0.15) is 17.7 Å². The number of alkyl carbamates (subject to hydrolysis) is 1. The zero-order chi connectivity index (χ0) is 29.6. The van der Waals surface area contributed by atoms with Crippen LogP contribution in [0.2, 0.25) is 0 Å². The Morgan fingerprint density at radius 1 is 0.902 bits per heavy atom. The van der Waals surface area contributed by atoms with Gasteiger partial charge in [-0.25, -0.2) is 4.79 Å². The zero-order valence-electron chi connectivity index (χ0n) is 24.6. The molecule has 7 nitrogen and oxygen atoms in total. The van der Waals surface area contributed by atoms with E-state index in [0.29, 0.717) is 5.69 Å². The van der Waals surface area contributed by atoms with Crippen LogP contribution >= 0.6 is 0 Å². The number of nitrogens with zero attached hydrogens (tertiary/aromatic N) is 1. The number of carbonyl (C=O) groups excluding carboxylic acids is 3. The van der Waals surface area contributed by atoms with E-state index >= 15 is 0 Å². The molecule has 3 amide bonds. The summed E-state index contributed by atoms with van der Waals surface area (Å²) in [4.78, 5) is 43.1. The van der Waals surface area contributed by atoms with Gasteiger partial charge < -0.3 is 20.3 Å². The predicted molar refractivity (Wildman–Crippen MR) is 162 cm³/mol. The molecule has 2 atom stereocenters. The van der Waals surface area contributed by atoms with Crippen LogP contribution in [0.25, 0.3) is 0 Å². The summed E-state index contributed by atoms with van der Waals surface area (Å²) in [5.41, 5.74) is 3.67. The molecule has 1 saturated carbocycles. The smallest absolute Gasteiger partial charge is 0.408 e. The first-order valence-corrected chi connectivity index (χ1v) is 14.4. The highest BCUT2D eigenvalue weighted by molar-refractivity contribution is 5.99. The topological polar surface area (TPSA) is 87.7 Å². The molecule has 0 spiro atoms. The van der Waals surface area contributed by atoms with Crippen LogP contribution in [0.15, 0.2) is 78.9 Å². The first-order chi connectivity index (χ1) is 19.6. The van der Waals surface area contributed by atoms with Gasteiger partial charge in [-0.3, -0.25) is 9.59 Å². The molecular formula is C34H41N3O4. The van der Waals surface area contributed by atoms with Crippen molar-refractivity contribution in [3.05, 3.63) is 101 Å². The first-order valence-electron chi connectivity index (χ1n) is 14.4. The van der Waals surface area contributed by atoms with Crippen molar-refractivity contribution in [1.29, 1.82) is 0 Å². The molecular weight excluding hydrogens is 514 g/mol. The van der Waals surface area contributed by atoms with Crippen molar-refractivity contribution >= 4 is 23.6 Å². The van der Waals surface area contributed by atoms with Gasteiger partial charge in [0, 0.05) is 18.2 Å². The summed E-state index contributed by atoms with van der Waals surface area (Å²) in [6.07, 6.45) is 2.04. The number of amides is 3. The molecule has 0 aromatic heterocycles. The van der Waals surface area contributed by atoms with Gasteiger partial charge in [-0.1, -0.05) is 79.7 Å². The fourth-order valence-corrected chi connectivity index (χ4v) is 4.84. The van der Waals surface area contributed by atoms with Crippen molar-refractivity contribution in [3.8, 4) is 0 Å². The maximum Gasteiger partial charge on any atom is 0.408 e. The monoisotopic (exact) mass is 555 g/mol. The first kappa shape index (κ1) is 29.8. The van der Waals surface area contributed by atoms with Gasteiger partial charge in [-0.2, -0.15) is 0 Å². The van der Waals surface area contributed by atoms with Gasteiger partial charge in [-0.05, 0) is 75.3 Å². The Balaban J connectivity index is 1.72. The Morgan fingerprint density at radius 3 is 2.12 bits per heavy atom. The molecule has 0 heterocycles. The minimum absolute atomic E-state index is 0.111. The molecule has 1 aliphatic carbocycles. The largest absolute Gasteiger partial charge is 0.444 e. The fourth-order valence-electron chi connectivity index (χ4n) is 4.84. The van der Waals surface area contributed by atoms with Crippen molar-refractivity contribution in [1.82, 2.24) is 10.2 Å². The Morgan fingerprint density at radius 2 is 1.54 bits per heavy atom. The van der Waals surface area contributed by atoms with Gasteiger partial charge in [0.15, 0.2) is 0 Å². The van der Waals surface area contributed by atoms with Gasteiger partial charge in [0.25, 0.3) is 5.91 Å². The molecule has 2 N–H and O–H groups in total. The highest BCUT2D eigenvalue weighted by Gasteiger charge is 2.44. The minimum atomic E-state index is -0.920. The van der Waals surface area contributed by atoms with Crippen molar-refractivity contribution in [3.63, 3.8) is 0 Å². The average Bonchev–Trinajstić information content (AvgIpc) is 3.77. The number of hydrogen-bond donors (Lipinski definition) is 2. The second-order valence-corrected chi connectivity index (χ2v) is 11.7. The number of para-hydroxylation sites is 1. The standard InChI is InChI=1S/C34H41N3O4/c1-6-24-16-18-26(19-17-24)30(31(38)35-28-15-11-10-12-23(28)2)37(27-20-21-27)32(39)29(22-25-13-8-7-9-14-25)36-33(40)41-34(3,4)5/h7-19,27,29-30H,6,20-22H2,1-5H3,(H,35,38)(H,36,40). The van der Waals surface area contributed by atoms with Gasteiger partial charge >= 0.3 is 6.09 Å². The number of aryl methyl sites for hydroxylation is 2. The van der Waals surface area contributed by atoms with E-state index in [4.69, 9.17) is 4.74 Å². The summed E-state index contributed by atoms with van der Waals surface area (Å²) < 4.78 is 5.52. The van der Waals surface area contributed by atoms with Crippen molar-refractivity contribution in [2.75, 3.05) is 5.32 Å². The molecule has 1 fully saturated rings. The van der Waals surface area contributed by atoms with Crippen molar-refractivity contribution in [2.45, 2.75) is 84.0 Å². The van der Waals surface area contributed by atoms with Gasteiger partial charge in [0.05, 0.1) is 0 Å². The Labute approximate surface area is 243 Å². The number of hydrogen-bond acceptors (Lipinski definition) is 4. The molecule has 1 aliphatic rings. The van der Waals surface area contributed by atoms with Crippen LogP contribution in [-0.4, -0.2) is 40.5 Å². The third-order valence-corrected chi connectivity index (χ3v) is 7.10. The number of carbonyl (C=O) groups is 3. The summed E-state index contributed by atoms with van der Waals surface area (Å²) in [7, 11) is 0. The molecule has 3 aromatic rings. The third kappa shape index (κ3) is 8.19. The second kappa shape index (κ2) is 13.0. The van der Waals surface area contributed by atoms with E-state index in [-0.39, 0.29) is 24.3 Å². The maximum atomic E-state index is 14.5. The average molecular weight is 556 g/mol. The van der Waals surface area contributed by atoms with E-state index < -0.39 is 23.8 Å². The van der Waals surface area contributed by atoms with E-state index in [9.17, 15) is 14.4 Å². The number of rotatable bonds is 10. The van der Waals surface area contributed by atoms with E-state index in [0.717, 1.165) is 41.5 Å². The van der Waals surface area contributed by atoms with Crippen LogP contribution < -0.4 is 10.6 Å². The SMILES string of the molecule is CCc1ccc(C(C(=O)Nc2ccccc2C)N(C(=O)C(Cc2ccccc2)NC(=O)OC(C)(C)C)C2CC2)cc1. The lowest BCUT2D eigenvalue weighted by Crippen LogP contribution is -2.54. The molecule has 3 aromatic carbocycles. The second-order valence-electron chi connectivity index (χ2n) is 11.7. The maximum absolute atomic E-state index is 14.5. The molecule has 0 saturated heterocycles. The van der Waals surface area contributed by atoms with Crippen LogP contribution in [0, 0.1) is 6.92 Å². The number of ether oxygens (including phenoxy) is 1. The summed E-state index contributed by atoms with van der Waals surface area (Å²) in [6.45, 7) is 9.36. The minimum Gasteiger partial charge on any atom is -0.444 e. The predicted octanol–water partition coefficient (Wildman–Crippen LogP) is 6.36. The van der Waals surface area contributed by atoms with Crippen LogP contribution in [0.3, 0.4) is 0 Å². The normalized spacial score (nSPS) is 14.5. The molecule has 4 rings (SSSR count). The van der Waals surface area contributed by atoms with Crippen LogP contribution in [0.5, 0.6) is 0 Å². The highest BCUT2D eigenvalue weighted by Crippen LogP contribution is 2.36. The molecule has 0 bridgehead atoms. The Kier molecular flexibility index (Phi) is 9.48. The molecule has 0 radical (unpaired) electrons. The van der Waals surface area contributed by atoms with Gasteiger partial charge in [-0.15, -0.1) is 0 Å². The fraction of sp³-hybridized carbons (Fsp3) is 0.382. The lowest BCUT2D eigenvalue weighted by atomic mass is 9.98. The van der Waals surface area contributed by atoms with Crippen molar-refractivity contribution < 1.29 is 19.1 Å². The third-order valence-electron chi connectivity index (χ3n) is 7.10. The highest BCUT2D eigenvalue weighted by atomic mass is 16.6. The summed E-state index contributed by atoms with van der Waals surface area (Å²) in [5, 5.41) is 5.89. The van der Waals surface area contributed by atoms with Crippen LogP contribution in [0.1, 0.15) is 68.8 Å².